The Morgan fingerprint density at radius 1 is 0.250 bits per heavy atom. The molecule has 5 aliphatic rings. The van der Waals surface area contributed by atoms with Crippen molar-refractivity contribution in [2.75, 3.05) is 54.4 Å². The van der Waals surface area contributed by atoms with E-state index >= 15 is 0 Å². The maximum Gasteiger partial charge on any atom is 0.196 e. The van der Waals surface area contributed by atoms with E-state index in [0.29, 0.717) is 56.1 Å². The highest BCUT2D eigenvalue weighted by Crippen LogP contribution is 2.49. The average Bonchev–Trinajstić information content (AvgIpc) is 0.726. The van der Waals surface area contributed by atoms with Crippen LogP contribution in [0, 0.1) is 6.92 Å². The van der Waals surface area contributed by atoms with Crippen LogP contribution in [0.5, 0.6) is 0 Å². The molecule has 448 valence electrons. The molecule has 0 fully saturated rings. The summed E-state index contributed by atoms with van der Waals surface area (Å²) < 4.78 is 0. The Hall–Kier alpha value is -11.5. The number of fused-ring (bicyclic) bond motifs is 10. The van der Waals surface area contributed by atoms with Gasteiger partial charge < -0.3 is 26.2 Å². The largest absolute Gasteiger partial charge is 0.398 e. The van der Waals surface area contributed by atoms with Crippen LogP contribution in [-0.2, 0) is 0 Å². The number of hydrogen-bond acceptors (Lipinski definition) is 15. The number of benzene rings is 10. The van der Waals surface area contributed by atoms with Crippen molar-refractivity contribution in [2.24, 2.45) is 0 Å². The molecule has 0 radical (unpaired) electrons. The van der Waals surface area contributed by atoms with E-state index in [9.17, 15) is 47.9 Å². The number of carbonyl (C=O) groups excluding carboxylic acids is 10. The molecule has 0 aliphatic heterocycles. The second kappa shape index (κ2) is 22.5. The van der Waals surface area contributed by atoms with Crippen molar-refractivity contribution in [2.45, 2.75) is 6.92 Å². The van der Waals surface area contributed by atoms with Gasteiger partial charge in [-0.3, -0.25) is 47.9 Å². The first-order valence-corrected chi connectivity index (χ1v) is 29.6. The van der Waals surface area contributed by atoms with Crippen LogP contribution in [0.2, 0.25) is 10.0 Å². The van der Waals surface area contributed by atoms with Crippen molar-refractivity contribution in [3.05, 3.63) is 309 Å². The van der Waals surface area contributed by atoms with Gasteiger partial charge in [-0.05, 0) is 67.1 Å². The number of rotatable bonds is 5. The maximum absolute atomic E-state index is 14.8. The van der Waals surface area contributed by atoms with Gasteiger partial charge >= 0.3 is 0 Å². The van der Waals surface area contributed by atoms with Crippen molar-refractivity contribution in [1.82, 2.24) is 0 Å². The molecule has 0 bridgehead atoms. The number of hydrogen-bond donors (Lipinski definition) is 2. The van der Waals surface area contributed by atoms with E-state index in [1.54, 1.807) is 232 Å². The topological polar surface area (TPSA) is 232 Å². The number of ketones is 10. The van der Waals surface area contributed by atoms with Crippen molar-refractivity contribution in [3.8, 4) is 0 Å². The summed E-state index contributed by atoms with van der Waals surface area (Å²) in [5.41, 5.74) is 19.1. The Morgan fingerprint density at radius 3 is 0.772 bits per heavy atom. The fraction of sp³-hybridized carbons (Fsp3) is 0.0667. The van der Waals surface area contributed by atoms with Gasteiger partial charge in [0.1, 0.15) is 0 Å². The van der Waals surface area contributed by atoms with Crippen molar-refractivity contribution >= 4 is 121 Å². The number of halogens is 2. The lowest BCUT2D eigenvalue weighted by atomic mass is 9.79. The van der Waals surface area contributed by atoms with Crippen LogP contribution in [0.3, 0.4) is 0 Å². The van der Waals surface area contributed by atoms with Crippen LogP contribution in [0.15, 0.2) is 182 Å². The minimum absolute atomic E-state index is 0.0619. The van der Waals surface area contributed by atoms with Crippen molar-refractivity contribution in [3.63, 3.8) is 0 Å². The Bertz CT molecular complexity index is 4740. The summed E-state index contributed by atoms with van der Waals surface area (Å²) >= 11 is 12.0. The summed E-state index contributed by atoms with van der Waals surface area (Å²) in [6.07, 6.45) is 0. The number of aryl methyl sites for hydroxylation is 1. The predicted molar refractivity (Wildman–Crippen MR) is 353 cm³/mol. The molecule has 10 aromatic carbocycles. The van der Waals surface area contributed by atoms with E-state index in [1.165, 1.54) is 0 Å². The van der Waals surface area contributed by atoms with Crippen LogP contribution in [-0.4, -0.2) is 86.0 Å². The Kier molecular flexibility index (Phi) is 14.5. The molecule has 0 spiro atoms. The van der Waals surface area contributed by atoms with Gasteiger partial charge in [0.2, 0.25) is 0 Å². The smallest absolute Gasteiger partial charge is 0.196 e. The van der Waals surface area contributed by atoms with Gasteiger partial charge in [0, 0.05) is 112 Å². The van der Waals surface area contributed by atoms with E-state index in [1.807, 2.05) is 0 Å². The third kappa shape index (κ3) is 9.02. The fourth-order valence-corrected chi connectivity index (χ4v) is 13.5. The highest BCUT2D eigenvalue weighted by molar-refractivity contribution is 6.43. The summed E-state index contributed by atoms with van der Waals surface area (Å²) in [4.78, 5) is 142. The number of nitrogens with zero attached hydrogens (tertiary/aromatic N) is 3. The quantitative estimate of drug-likeness (QED) is 0.153. The van der Waals surface area contributed by atoms with Gasteiger partial charge in [-0.25, -0.2) is 0 Å². The Labute approximate surface area is 536 Å². The van der Waals surface area contributed by atoms with E-state index in [2.05, 4.69) is 0 Å². The summed E-state index contributed by atoms with van der Waals surface area (Å²) in [5, 5.41) is 0.577. The highest BCUT2D eigenvalue weighted by atomic mass is 35.5. The van der Waals surface area contributed by atoms with Crippen molar-refractivity contribution in [1.29, 1.82) is 0 Å². The van der Waals surface area contributed by atoms with Crippen molar-refractivity contribution < 1.29 is 47.9 Å². The SMILES string of the molecule is Cc1cccc2c1C(=O)c1cccc(N(c3cccc4c3C(=O)c3cccc(N(C)C)c3C4=O)c3cccc4c3C(=O)c3cccc(N(C)C)c3C4=O)c1C2=O.Nc1cccc2c1C(=O)c1cccc(N)c1C2=O.O=C1c2cccc(Cl)c2C(=O)c2cccc(Cl)c21. The van der Waals surface area contributed by atoms with Crippen LogP contribution >= 0.6 is 23.2 Å². The highest BCUT2D eigenvalue weighted by Gasteiger charge is 2.42. The number of nitrogen functional groups attached to an aromatic ring is 2. The molecular formula is C75H49Cl2N5O10. The molecule has 0 heterocycles. The maximum atomic E-state index is 14.8. The van der Waals surface area contributed by atoms with E-state index in [0.717, 1.165) is 0 Å². The molecule has 0 amide bonds. The molecule has 0 saturated heterocycles. The molecular weight excluding hydrogens is 1200 g/mol. The summed E-state index contributed by atoms with van der Waals surface area (Å²) in [6.45, 7) is 1.78. The molecule has 17 heteroatoms. The molecule has 0 saturated carbocycles. The van der Waals surface area contributed by atoms with E-state index in [-0.39, 0.29) is 151 Å². The van der Waals surface area contributed by atoms with Crippen LogP contribution < -0.4 is 26.2 Å². The monoisotopic (exact) mass is 1250 g/mol. The van der Waals surface area contributed by atoms with Gasteiger partial charge in [0.05, 0.1) is 77.2 Å². The van der Waals surface area contributed by atoms with Crippen LogP contribution in [0.25, 0.3) is 0 Å². The Morgan fingerprint density at radius 2 is 0.457 bits per heavy atom. The lowest BCUT2D eigenvalue weighted by Crippen LogP contribution is -2.30. The molecule has 0 aromatic heterocycles. The zero-order chi connectivity index (χ0) is 65.0. The fourth-order valence-electron chi connectivity index (χ4n) is 13.0. The average molecular weight is 1250 g/mol. The molecule has 92 heavy (non-hydrogen) atoms. The van der Waals surface area contributed by atoms with Crippen LogP contribution in [0.1, 0.15) is 165 Å². The minimum Gasteiger partial charge on any atom is -0.398 e. The third-order valence-corrected chi connectivity index (χ3v) is 17.7. The summed E-state index contributed by atoms with van der Waals surface area (Å²) in [7, 11) is 7.20. The first-order chi connectivity index (χ1) is 44.1. The molecule has 10 aromatic rings. The first kappa shape index (κ1) is 59.4. The summed E-state index contributed by atoms with van der Waals surface area (Å²) in [6, 6.07) is 49.5. The summed E-state index contributed by atoms with van der Waals surface area (Å²) in [5.74, 6) is -3.35. The molecule has 5 aliphatic carbocycles. The molecule has 0 unspecified atom stereocenters. The van der Waals surface area contributed by atoms with E-state index < -0.39 is 17.3 Å². The zero-order valence-electron chi connectivity index (χ0n) is 49.7. The lowest BCUT2D eigenvalue weighted by Gasteiger charge is -2.35. The van der Waals surface area contributed by atoms with Gasteiger partial charge in [0.25, 0.3) is 0 Å². The Balaban J connectivity index is 0.000000172. The van der Waals surface area contributed by atoms with E-state index in [4.69, 9.17) is 34.7 Å². The molecule has 0 atom stereocenters. The molecule has 4 N–H and O–H groups in total. The standard InChI is InChI=1S/C47H33N3O6.C14H6Cl2O2.C14H10N2O2/c1-24-12-6-13-25-36(24)42(51)28-16-9-21-33(39(28)43(25)52)50(34-22-10-17-29-40(34)46(55)26-14-7-19-31(48(2)3)37(26)44(29)53)35-23-11-18-30-41(35)47(56)27-15-8-20-32(49(4)5)38(27)45(30)54;2*15-9-5-1-3-7-11(9)14(18)8-4-2-6-10(16)12(8)13(7)17/h6-23H,1-5H3;1-6H;1-6H,15-16H2. The molecule has 15 nitrogen and oxygen atoms in total. The number of anilines is 7. The lowest BCUT2D eigenvalue weighted by molar-refractivity contribution is 0.0978. The number of carbonyl (C=O) groups is 10. The predicted octanol–water partition coefficient (Wildman–Crippen LogP) is 13.3. The zero-order valence-corrected chi connectivity index (χ0v) is 51.2. The minimum atomic E-state index is -0.430. The third-order valence-electron chi connectivity index (χ3n) is 17.1. The van der Waals surface area contributed by atoms with Gasteiger partial charge in [-0.2, -0.15) is 0 Å². The first-order valence-electron chi connectivity index (χ1n) is 28.8. The van der Waals surface area contributed by atoms with Gasteiger partial charge in [-0.15, -0.1) is 0 Å². The van der Waals surface area contributed by atoms with Gasteiger partial charge in [-0.1, -0.05) is 151 Å². The van der Waals surface area contributed by atoms with Crippen LogP contribution in [0.4, 0.5) is 39.8 Å². The second-order valence-electron chi connectivity index (χ2n) is 22.8. The molecule has 15 rings (SSSR count). The number of nitrogens with two attached hydrogens (primary N) is 2. The second-order valence-corrected chi connectivity index (χ2v) is 23.6. The normalized spacial score (nSPS) is 13.5. The van der Waals surface area contributed by atoms with Gasteiger partial charge in [0.15, 0.2) is 57.8 Å².